The van der Waals surface area contributed by atoms with E-state index in [0.717, 1.165) is 12.8 Å². The number of sulfonamides is 1. The van der Waals surface area contributed by atoms with Crippen molar-refractivity contribution in [3.05, 3.63) is 0 Å². The van der Waals surface area contributed by atoms with Crippen LogP contribution in [0.3, 0.4) is 0 Å². The molecule has 2 aliphatic heterocycles. The highest BCUT2D eigenvalue weighted by molar-refractivity contribution is 7.91. The van der Waals surface area contributed by atoms with Gasteiger partial charge in [0.15, 0.2) is 4.75 Å². The minimum absolute atomic E-state index is 0.194. The number of hydrogen-bond acceptors (Lipinski definition) is 5. The molecule has 27 heavy (non-hydrogen) atoms. The molecule has 0 aromatic heterocycles. The molecule has 0 spiro atoms. The lowest BCUT2D eigenvalue weighted by molar-refractivity contribution is -0.132. The Hall–Kier alpha value is -0.700. The van der Waals surface area contributed by atoms with Crippen LogP contribution in [0.4, 0.5) is 0 Å². The summed E-state index contributed by atoms with van der Waals surface area (Å²) in [5, 5.41) is 12.2. The van der Waals surface area contributed by atoms with E-state index in [0.29, 0.717) is 32.1 Å². The summed E-state index contributed by atoms with van der Waals surface area (Å²) in [4.78, 5) is 12.3. The normalized spacial score (nSPS) is 21.9. The second kappa shape index (κ2) is 10.7. The van der Waals surface area contributed by atoms with E-state index < -0.39 is 20.7 Å². The van der Waals surface area contributed by atoms with Crippen LogP contribution in [-0.2, 0) is 14.8 Å². The summed E-state index contributed by atoms with van der Waals surface area (Å²) >= 11 is 0. The summed E-state index contributed by atoms with van der Waals surface area (Å²) in [5.41, 5.74) is 1.61. The summed E-state index contributed by atoms with van der Waals surface area (Å²) in [6.07, 6.45) is 11.0. The van der Waals surface area contributed by atoms with Crippen LogP contribution in [0.2, 0.25) is 0 Å². The Bertz CT molecular complexity index is 553. The second-order valence-electron chi connectivity index (χ2n) is 8.09. The third kappa shape index (κ3) is 5.43. The first kappa shape index (κ1) is 22.6. The Kier molecular flexibility index (Phi) is 8.98. The van der Waals surface area contributed by atoms with Gasteiger partial charge in [-0.05, 0) is 44.7 Å². The van der Waals surface area contributed by atoms with Crippen molar-refractivity contribution in [2.24, 2.45) is 5.92 Å². The van der Waals surface area contributed by atoms with Crippen LogP contribution in [0.15, 0.2) is 0 Å². The van der Waals surface area contributed by atoms with E-state index in [2.05, 4.69) is 12.2 Å². The maximum Gasteiger partial charge on any atom is 0.266 e. The lowest BCUT2D eigenvalue weighted by Gasteiger charge is -2.41. The van der Waals surface area contributed by atoms with Gasteiger partial charge < -0.3 is 5.32 Å². The zero-order valence-corrected chi connectivity index (χ0v) is 17.5. The third-order valence-electron chi connectivity index (χ3n) is 6.30. The fraction of sp³-hybridized carbons (Fsp3) is 0.947. The van der Waals surface area contributed by atoms with Crippen molar-refractivity contribution in [2.45, 2.75) is 82.3 Å². The van der Waals surface area contributed by atoms with Gasteiger partial charge in [0.25, 0.3) is 5.91 Å². The maximum absolute atomic E-state index is 13.3. The lowest BCUT2D eigenvalue weighted by atomic mass is 9.92. The number of hydrogen-bond donors (Lipinski definition) is 3. The first-order valence-electron chi connectivity index (χ1n) is 10.6. The minimum atomic E-state index is -3.80. The number of hydroxylamine groups is 1. The molecule has 0 aliphatic carbocycles. The monoisotopic (exact) mass is 403 g/mol. The molecule has 2 rings (SSSR count). The van der Waals surface area contributed by atoms with Gasteiger partial charge in [0.05, 0.1) is 0 Å². The number of carbonyl (C=O) groups is 1. The van der Waals surface area contributed by atoms with Crippen molar-refractivity contribution in [3.63, 3.8) is 0 Å². The molecule has 0 aromatic rings. The second-order valence-corrected chi connectivity index (χ2v) is 10.3. The molecule has 1 amide bonds. The smallest absolute Gasteiger partial charge is 0.266 e. The molecular formula is C19H37N3O4S. The summed E-state index contributed by atoms with van der Waals surface area (Å²) in [6.45, 7) is 4.11. The average Bonchev–Trinajstić information content (AvgIpc) is 2.70. The lowest BCUT2D eigenvalue weighted by Crippen LogP contribution is -2.61. The molecule has 158 valence electrons. The molecule has 0 radical (unpaired) electrons. The highest BCUT2D eigenvalue weighted by atomic mass is 32.2. The number of rotatable bonds is 10. The molecule has 2 saturated heterocycles. The maximum atomic E-state index is 13.3. The summed E-state index contributed by atoms with van der Waals surface area (Å²) in [7, 11) is -3.80. The predicted octanol–water partition coefficient (Wildman–Crippen LogP) is 2.41. The number of piperidine rings is 2. The van der Waals surface area contributed by atoms with Gasteiger partial charge in [-0.3, -0.25) is 10.0 Å². The van der Waals surface area contributed by atoms with E-state index in [1.165, 1.54) is 49.3 Å². The summed E-state index contributed by atoms with van der Waals surface area (Å²) in [5.74, 6) is -0.212. The first-order valence-corrected chi connectivity index (χ1v) is 12.1. The van der Waals surface area contributed by atoms with Crippen molar-refractivity contribution in [1.82, 2.24) is 15.1 Å². The Balaban J connectivity index is 1.87. The average molecular weight is 404 g/mol. The fourth-order valence-electron chi connectivity index (χ4n) is 4.43. The van der Waals surface area contributed by atoms with Crippen molar-refractivity contribution in [1.29, 1.82) is 0 Å². The largest absolute Gasteiger partial charge is 0.317 e. The molecule has 0 aromatic carbocycles. The highest BCUT2D eigenvalue weighted by Gasteiger charge is 2.54. The predicted molar refractivity (Wildman–Crippen MR) is 106 cm³/mol. The van der Waals surface area contributed by atoms with Crippen LogP contribution >= 0.6 is 0 Å². The van der Waals surface area contributed by atoms with Gasteiger partial charge in [-0.2, -0.15) is 0 Å². The van der Waals surface area contributed by atoms with E-state index in [1.807, 2.05) is 0 Å². The number of nitrogens with zero attached hydrogens (tertiary/aromatic N) is 1. The molecule has 0 saturated carbocycles. The quantitative estimate of drug-likeness (QED) is 0.296. The minimum Gasteiger partial charge on any atom is -0.317 e. The molecule has 2 fully saturated rings. The van der Waals surface area contributed by atoms with Gasteiger partial charge >= 0.3 is 0 Å². The number of nitrogens with one attached hydrogen (secondary N) is 2. The fourth-order valence-corrected chi connectivity index (χ4v) is 6.62. The number of carbonyl (C=O) groups excluding carboxylic acids is 1. The van der Waals surface area contributed by atoms with E-state index in [1.54, 1.807) is 5.48 Å². The highest BCUT2D eigenvalue weighted by Crippen LogP contribution is 2.34. The number of unbranched alkanes of at least 4 members (excludes halogenated alkanes) is 5. The van der Waals surface area contributed by atoms with E-state index >= 15 is 0 Å². The van der Waals surface area contributed by atoms with Gasteiger partial charge in [-0.15, -0.1) is 0 Å². The summed E-state index contributed by atoms with van der Waals surface area (Å²) in [6, 6.07) is 0. The van der Waals surface area contributed by atoms with E-state index in [4.69, 9.17) is 5.21 Å². The molecule has 7 nitrogen and oxygen atoms in total. The standard InChI is InChI=1S/C19H37N3O4S/c1-2-3-4-5-6-7-8-17-9-15-22(16-10-17)27(25,26)19(18(23)21-24)11-13-20-14-12-19/h17,20,24H,2-16H2,1H3,(H,21,23). The van der Waals surface area contributed by atoms with E-state index in [9.17, 15) is 13.2 Å². The molecule has 2 heterocycles. The molecular weight excluding hydrogens is 366 g/mol. The molecule has 0 atom stereocenters. The molecule has 2 aliphatic rings. The van der Waals surface area contributed by atoms with Gasteiger partial charge in [-0.1, -0.05) is 51.9 Å². The Morgan fingerprint density at radius 2 is 1.70 bits per heavy atom. The van der Waals surface area contributed by atoms with Gasteiger partial charge in [-0.25, -0.2) is 18.2 Å². The van der Waals surface area contributed by atoms with E-state index in [-0.39, 0.29) is 12.8 Å². The molecule has 3 N–H and O–H groups in total. The van der Waals surface area contributed by atoms with Crippen LogP contribution < -0.4 is 10.8 Å². The van der Waals surface area contributed by atoms with Gasteiger partial charge in [0, 0.05) is 13.1 Å². The Morgan fingerprint density at radius 3 is 2.30 bits per heavy atom. The van der Waals surface area contributed by atoms with Crippen LogP contribution in [0.5, 0.6) is 0 Å². The first-order chi connectivity index (χ1) is 13.0. The Labute approximate surface area is 164 Å². The zero-order chi connectivity index (χ0) is 19.8. The van der Waals surface area contributed by atoms with Crippen molar-refractivity contribution >= 4 is 15.9 Å². The SMILES string of the molecule is CCCCCCCCC1CCN(S(=O)(=O)C2(C(=O)NO)CCNCC2)CC1. The van der Waals surface area contributed by atoms with Crippen LogP contribution in [-0.4, -0.2) is 54.8 Å². The van der Waals surface area contributed by atoms with Crippen molar-refractivity contribution in [3.8, 4) is 0 Å². The zero-order valence-electron chi connectivity index (χ0n) is 16.7. The Morgan fingerprint density at radius 1 is 1.11 bits per heavy atom. The van der Waals surface area contributed by atoms with Gasteiger partial charge in [0.1, 0.15) is 0 Å². The molecule has 8 heteroatoms. The number of amides is 1. The van der Waals surface area contributed by atoms with Crippen LogP contribution in [0, 0.1) is 5.92 Å². The van der Waals surface area contributed by atoms with Crippen LogP contribution in [0.1, 0.15) is 77.6 Å². The topological polar surface area (TPSA) is 98.7 Å². The molecule has 0 bridgehead atoms. The molecule has 0 unspecified atom stereocenters. The summed E-state index contributed by atoms with van der Waals surface area (Å²) < 4.78 is 26.5. The van der Waals surface area contributed by atoms with Crippen molar-refractivity contribution < 1.29 is 18.4 Å². The van der Waals surface area contributed by atoms with Crippen molar-refractivity contribution in [2.75, 3.05) is 26.2 Å². The van der Waals surface area contributed by atoms with Crippen LogP contribution in [0.25, 0.3) is 0 Å². The van der Waals surface area contributed by atoms with Gasteiger partial charge in [0.2, 0.25) is 10.0 Å². The third-order valence-corrected chi connectivity index (χ3v) is 8.93.